The standard InChI is InChI=1S/C8H8O6S/c1-4-5(9)2-3-6(15(12,13)14)7(4)8(10)11/h2-3,9H,1H3,(H,10,11)(H,12,13,14). The summed E-state index contributed by atoms with van der Waals surface area (Å²) >= 11 is 0. The van der Waals surface area contributed by atoms with Crippen LogP contribution >= 0.6 is 0 Å². The zero-order chi connectivity index (χ0) is 11.8. The molecule has 1 aromatic carbocycles. The van der Waals surface area contributed by atoms with Crippen LogP contribution in [0.3, 0.4) is 0 Å². The molecule has 7 heteroatoms. The molecule has 0 aliphatic rings. The van der Waals surface area contributed by atoms with Crippen LogP contribution in [0.5, 0.6) is 5.75 Å². The Balaban J connectivity index is 3.70. The number of carboxylic acid groups (broad SMARTS) is 1. The average Bonchev–Trinajstić information content (AvgIpc) is 2.06. The highest BCUT2D eigenvalue weighted by molar-refractivity contribution is 7.86. The lowest BCUT2D eigenvalue weighted by Gasteiger charge is -2.07. The lowest BCUT2D eigenvalue weighted by Crippen LogP contribution is -2.10. The summed E-state index contributed by atoms with van der Waals surface area (Å²) in [6.07, 6.45) is 0. The Morgan fingerprint density at radius 1 is 1.33 bits per heavy atom. The molecule has 0 saturated heterocycles. The maximum Gasteiger partial charge on any atom is 0.337 e. The normalized spacial score (nSPS) is 11.3. The zero-order valence-corrected chi connectivity index (χ0v) is 8.45. The fraction of sp³-hybridized carbons (Fsp3) is 0.125. The number of hydrogen-bond donors (Lipinski definition) is 3. The van der Waals surface area contributed by atoms with E-state index < -0.39 is 26.5 Å². The molecule has 0 unspecified atom stereocenters. The van der Waals surface area contributed by atoms with E-state index in [9.17, 15) is 18.3 Å². The molecule has 0 saturated carbocycles. The first kappa shape index (κ1) is 11.5. The molecule has 1 aromatic rings. The van der Waals surface area contributed by atoms with Crippen LogP contribution in [0.15, 0.2) is 17.0 Å². The van der Waals surface area contributed by atoms with Gasteiger partial charge in [-0.1, -0.05) is 0 Å². The second-order valence-corrected chi connectivity index (χ2v) is 4.25. The van der Waals surface area contributed by atoms with E-state index in [2.05, 4.69) is 0 Å². The summed E-state index contributed by atoms with van der Waals surface area (Å²) in [6.45, 7) is 1.24. The van der Waals surface area contributed by atoms with E-state index in [-0.39, 0.29) is 11.3 Å². The largest absolute Gasteiger partial charge is 0.508 e. The molecule has 82 valence electrons. The first-order valence-corrected chi connectivity index (χ1v) is 5.22. The first-order valence-electron chi connectivity index (χ1n) is 3.78. The molecule has 0 radical (unpaired) electrons. The van der Waals surface area contributed by atoms with Gasteiger partial charge in [0.2, 0.25) is 0 Å². The van der Waals surface area contributed by atoms with Crippen LogP contribution in [0.2, 0.25) is 0 Å². The lowest BCUT2D eigenvalue weighted by atomic mass is 10.1. The minimum atomic E-state index is -4.61. The predicted molar refractivity (Wildman–Crippen MR) is 49.6 cm³/mol. The van der Waals surface area contributed by atoms with Crippen LogP contribution in [-0.2, 0) is 10.1 Å². The first-order chi connectivity index (χ1) is 6.75. The van der Waals surface area contributed by atoms with Crippen molar-refractivity contribution < 1.29 is 28.0 Å². The summed E-state index contributed by atoms with van der Waals surface area (Å²) in [5.41, 5.74) is -0.741. The molecule has 1 rings (SSSR count). The van der Waals surface area contributed by atoms with Crippen molar-refractivity contribution in [3.63, 3.8) is 0 Å². The molecule has 0 aromatic heterocycles. The zero-order valence-electron chi connectivity index (χ0n) is 7.63. The third kappa shape index (κ3) is 2.08. The van der Waals surface area contributed by atoms with Crippen molar-refractivity contribution >= 4 is 16.1 Å². The van der Waals surface area contributed by atoms with E-state index in [1.165, 1.54) is 6.92 Å². The monoisotopic (exact) mass is 232 g/mol. The van der Waals surface area contributed by atoms with Gasteiger partial charge in [-0.25, -0.2) is 4.79 Å². The molecular weight excluding hydrogens is 224 g/mol. The van der Waals surface area contributed by atoms with Gasteiger partial charge >= 0.3 is 5.97 Å². The van der Waals surface area contributed by atoms with Crippen molar-refractivity contribution in [2.24, 2.45) is 0 Å². The molecule has 0 aliphatic carbocycles. The van der Waals surface area contributed by atoms with Gasteiger partial charge in [0.05, 0.1) is 5.56 Å². The average molecular weight is 232 g/mol. The molecule has 0 amide bonds. The van der Waals surface area contributed by atoms with Crippen LogP contribution in [0.4, 0.5) is 0 Å². The molecule has 15 heavy (non-hydrogen) atoms. The van der Waals surface area contributed by atoms with Gasteiger partial charge in [-0.15, -0.1) is 0 Å². The Kier molecular flexibility index (Phi) is 2.69. The van der Waals surface area contributed by atoms with E-state index in [1.54, 1.807) is 0 Å². The van der Waals surface area contributed by atoms with Gasteiger partial charge in [-0.3, -0.25) is 4.55 Å². The Morgan fingerprint density at radius 3 is 2.27 bits per heavy atom. The highest BCUT2D eigenvalue weighted by Gasteiger charge is 2.23. The van der Waals surface area contributed by atoms with Gasteiger partial charge in [-0.05, 0) is 19.1 Å². The van der Waals surface area contributed by atoms with Crippen LogP contribution in [0, 0.1) is 6.92 Å². The van der Waals surface area contributed by atoms with Crippen molar-refractivity contribution in [1.29, 1.82) is 0 Å². The molecule has 0 bridgehead atoms. The Labute approximate surface area is 85.5 Å². The SMILES string of the molecule is Cc1c(O)ccc(S(=O)(=O)O)c1C(=O)O. The number of aromatic carboxylic acids is 1. The number of phenolic OH excluding ortho intramolecular Hbond substituents is 1. The van der Waals surface area contributed by atoms with E-state index in [4.69, 9.17) is 9.66 Å². The molecule has 0 heterocycles. The summed E-state index contributed by atoms with van der Waals surface area (Å²) in [7, 11) is -4.61. The second-order valence-electron chi connectivity index (χ2n) is 2.86. The Morgan fingerprint density at radius 2 is 1.87 bits per heavy atom. The number of hydrogen-bond acceptors (Lipinski definition) is 4. The highest BCUT2D eigenvalue weighted by Crippen LogP contribution is 2.26. The molecule has 0 spiro atoms. The summed E-state index contributed by atoms with van der Waals surface area (Å²) < 4.78 is 30.4. The number of carboxylic acids is 1. The predicted octanol–water partition coefficient (Wildman–Crippen LogP) is 0.646. The molecule has 0 fully saturated rings. The molecule has 3 N–H and O–H groups in total. The van der Waals surface area contributed by atoms with Crippen molar-refractivity contribution in [3.8, 4) is 5.75 Å². The van der Waals surface area contributed by atoms with Gasteiger partial charge in [0.15, 0.2) is 0 Å². The lowest BCUT2D eigenvalue weighted by molar-refractivity contribution is 0.0691. The quantitative estimate of drug-likeness (QED) is 0.645. The van der Waals surface area contributed by atoms with Crippen molar-refractivity contribution in [2.75, 3.05) is 0 Å². The number of rotatable bonds is 2. The maximum atomic E-state index is 10.8. The third-order valence-electron chi connectivity index (χ3n) is 1.89. The van der Waals surface area contributed by atoms with Crippen LogP contribution in [0.1, 0.15) is 15.9 Å². The Hall–Kier alpha value is -1.60. The maximum absolute atomic E-state index is 10.8. The van der Waals surface area contributed by atoms with E-state index in [0.29, 0.717) is 0 Å². The topological polar surface area (TPSA) is 112 Å². The van der Waals surface area contributed by atoms with Gasteiger partial charge < -0.3 is 10.2 Å². The summed E-state index contributed by atoms with van der Waals surface area (Å²) in [6, 6.07) is 1.84. The Bertz CT molecular complexity index is 516. The highest BCUT2D eigenvalue weighted by atomic mass is 32.2. The second kappa shape index (κ2) is 3.52. The van der Waals surface area contributed by atoms with E-state index in [1.807, 2.05) is 0 Å². The van der Waals surface area contributed by atoms with Crippen molar-refractivity contribution in [2.45, 2.75) is 11.8 Å². The van der Waals surface area contributed by atoms with Gasteiger partial charge in [0.25, 0.3) is 10.1 Å². The molecule has 6 nitrogen and oxygen atoms in total. The number of benzene rings is 1. The number of phenols is 1. The van der Waals surface area contributed by atoms with Crippen LogP contribution in [0.25, 0.3) is 0 Å². The summed E-state index contributed by atoms with van der Waals surface area (Å²) in [5, 5.41) is 17.9. The smallest absolute Gasteiger partial charge is 0.337 e. The van der Waals surface area contributed by atoms with E-state index >= 15 is 0 Å². The number of aromatic hydroxyl groups is 1. The van der Waals surface area contributed by atoms with Gasteiger partial charge in [-0.2, -0.15) is 8.42 Å². The summed E-state index contributed by atoms with van der Waals surface area (Å²) in [5.74, 6) is -1.88. The van der Waals surface area contributed by atoms with Crippen LogP contribution < -0.4 is 0 Å². The van der Waals surface area contributed by atoms with Gasteiger partial charge in [0, 0.05) is 5.56 Å². The third-order valence-corrected chi connectivity index (χ3v) is 2.79. The molecular formula is C8H8O6S. The number of carbonyl (C=O) groups is 1. The van der Waals surface area contributed by atoms with Crippen molar-refractivity contribution in [1.82, 2.24) is 0 Å². The van der Waals surface area contributed by atoms with Gasteiger partial charge in [0.1, 0.15) is 10.6 Å². The minimum absolute atomic E-state index is 0.113. The molecule has 0 atom stereocenters. The fourth-order valence-electron chi connectivity index (χ4n) is 1.16. The van der Waals surface area contributed by atoms with Crippen molar-refractivity contribution in [3.05, 3.63) is 23.3 Å². The molecule has 0 aliphatic heterocycles. The van der Waals surface area contributed by atoms with E-state index in [0.717, 1.165) is 12.1 Å². The summed E-state index contributed by atoms with van der Waals surface area (Å²) in [4.78, 5) is 10.0. The minimum Gasteiger partial charge on any atom is -0.508 e. The fourth-order valence-corrected chi connectivity index (χ4v) is 1.89. The van der Waals surface area contributed by atoms with Crippen LogP contribution in [-0.4, -0.2) is 29.2 Å².